The molecule has 0 unspecified atom stereocenters. The van der Waals surface area contributed by atoms with Gasteiger partial charge in [-0.2, -0.15) is 0 Å². The Bertz CT molecular complexity index is 393. The van der Waals surface area contributed by atoms with Crippen LogP contribution < -0.4 is 11.5 Å². The second-order valence-corrected chi connectivity index (χ2v) is 5.02. The van der Waals surface area contributed by atoms with E-state index in [0.717, 1.165) is 6.07 Å². The van der Waals surface area contributed by atoms with Crippen LogP contribution in [0.3, 0.4) is 0 Å². The van der Waals surface area contributed by atoms with Crippen molar-refractivity contribution >= 4 is 23.4 Å². The molecule has 1 rings (SSSR count). The summed E-state index contributed by atoms with van der Waals surface area (Å²) in [6, 6.07) is 2.53. The molecule has 0 fully saturated rings. The van der Waals surface area contributed by atoms with Gasteiger partial charge in [-0.3, -0.25) is 4.79 Å². The van der Waals surface area contributed by atoms with Gasteiger partial charge in [-0.15, -0.1) is 11.8 Å². The zero-order valence-corrected chi connectivity index (χ0v) is 9.40. The van der Waals surface area contributed by atoms with Crippen molar-refractivity contribution in [1.29, 1.82) is 0 Å². The topological polar surface area (TPSA) is 69.1 Å². The third-order valence-electron chi connectivity index (χ3n) is 1.73. The number of primary amides is 1. The van der Waals surface area contributed by atoms with Crippen LogP contribution in [0.25, 0.3) is 0 Å². The second kappa shape index (κ2) is 4.53. The van der Waals surface area contributed by atoms with E-state index in [1.807, 2.05) is 13.8 Å². The zero-order valence-electron chi connectivity index (χ0n) is 8.58. The predicted molar refractivity (Wildman–Crippen MR) is 60.3 cm³/mol. The monoisotopic (exact) mass is 228 g/mol. The maximum absolute atomic E-state index is 13.4. The van der Waals surface area contributed by atoms with E-state index in [0.29, 0.717) is 4.90 Å². The number of carbonyl (C=O) groups excluding carboxylic acids is 1. The van der Waals surface area contributed by atoms with E-state index in [-0.39, 0.29) is 16.5 Å². The number of thioether (sulfide) groups is 1. The quantitative estimate of drug-likeness (QED) is 0.614. The molecule has 1 aromatic carbocycles. The fourth-order valence-electron chi connectivity index (χ4n) is 1.13. The van der Waals surface area contributed by atoms with Gasteiger partial charge in [0.05, 0.1) is 5.56 Å². The van der Waals surface area contributed by atoms with Crippen LogP contribution in [0.4, 0.5) is 10.1 Å². The van der Waals surface area contributed by atoms with Crippen LogP contribution in [-0.4, -0.2) is 11.2 Å². The molecule has 0 spiro atoms. The van der Waals surface area contributed by atoms with Gasteiger partial charge in [0, 0.05) is 15.8 Å². The normalized spacial score (nSPS) is 10.7. The highest BCUT2D eigenvalue weighted by molar-refractivity contribution is 7.99. The Morgan fingerprint density at radius 1 is 1.47 bits per heavy atom. The molecule has 3 nitrogen and oxygen atoms in total. The molecule has 1 aromatic rings. The smallest absolute Gasteiger partial charge is 0.250 e. The molecule has 0 aliphatic heterocycles. The number of hydrogen-bond donors (Lipinski definition) is 2. The standard InChI is InChI=1S/C10H13FN2OS/c1-5(2)15-9-3-6(10(13)14)8(12)4-7(9)11/h3-5H,12H2,1-2H3,(H2,13,14). The number of amides is 1. The van der Waals surface area contributed by atoms with Crippen LogP contribution in [0.15, 0.2) is 17.0 Å². The first kappa shape index (κ1) is 11.8. The Kier molecular flexibility index (Phi) is 3.57. The lowest BCUT2D eigenvalue weighted by molar-refractivity contribution is 0.100. The van der Waals surface area contributed by atoms with Crippen molar-refractivity contribution in [3.63, 3.8) is 0 Å². The van der Waals surface area contributed by atoms with Crippen LogP contribution >= 0.6 is 11.8 Å². The summed E-state index contributed by atoms with van der Waals surface area (Å²) in [4.78, 5) is 11.4. The van der Waals surface area contributed by atoms with Gasteiger partial charge in [0.1, 0.15) is 5.82 Å². The second-order valence-electron chi connectivity index (χ2n) is 3.40. The SMILES string of the molecule is CC(C)Sc1cc(C(N)=O)c(N)cc1F. The first-order valence-corrected chi connectivity index (χ1v) is 5.35. The average Bonchev–Trinajstić information content (AvgIpc) is 2.08. The molecule has 15 heavy (non-hydrogen) atoms. The first-order valence-electron chi connectivity index (χ1n) is 4.47. The van der Waals surface area contributed by atoms with Crippen molar-refractivity contribution in [3.05, 3.63) is 23.5 Å². The summed E-state index contributed by atoms with van der Waals surface area (Å²) in [6.45, 7) is 3.87. The Labute approximate surface area is 92.0 Å². The van der Waals surface area contributed by atoms with E-state index in [1.54, 1.807) is 0 Å². The molecule has 0 saturated heterocycles. The van der Waals surface area contributed by atoms with Crippen LogP contribution in [0.1, 0.15) is 24.2 Å². The fraction of sp³-hybridized carbons (Fsp3) is 0.300. The Hall–Kier alpha value is -1.23. The van der Waals surface area contributed by atoms with Crippen molar-refractivity contribution in [3.8, 4) is 0 Å². The molecule has 0 atom stereocenters. The zero-order chi connectivity index (χ0) is 11.6. The number of carbonyl (C=O) groups is 1. The molecule has 0 aliphatic rings. The summed E-state index contributed by atoms with van der Waals surface area (Å²) in [7, 11) is 0. The molecule has 0 radical (unpaired) electrons. The summed E-state index contributed by atoms with van der Waals surface area (Å²) in [5.41, 5.74) is 10.8. The Balaban J connectivity index is 3.17. The third kappa shape index (κ3) is 2.86. The molecule has 1 amide bonds. The highest BCUT2D eigenvalue weighted by atomic mass is 32.2. The van der Waals surface area contributed by atoms with Crippen molar-refractivity contribution in [2.24, 2.45) is 5.73 Å². The minimum absolute atomic E-state index is 0.0770. The molecular weight excluding hydrogens is 215 g/mol. The van der Waals surface area contributed by atoms with Gasteiger partial charge in [-0.1, -0.05) is 13.8 Å². The molecule has 0 aromatic heterocycles. The van der Waals surface area contributed by atoms with Gasteiger partial charge in [-0.25, -0.2) is 4.39 Å². The van der Waals surface area contributed by atoms with Crippen molar-refractivity contribution in [2.75, 3.05) is 5.73 Å². The van der Waals surface area contributed by atoms with E-state index >= 15 is 0 Å². The van der Waals surface area contributed by atoms with E-state index in [9.17, 15) is 9.18 Å². The minimum atomic E-state index is -0.641. The Morgan fingerprint density at radius 3 is 2.53 bits per heavy atom. The van der Waals surface area contributed by atoms with Crippen molar-refractivity contribution in [2.45, 2.75) is 24.0 Å². The molecule has 0 heterocycles. The fourth-order valence-corrected chi connectivity index (χ4v) is 1.99. The minimum Gasteiger partial charge on any atom is -0.398 e. The van der Waals surface area contributed by atoms with Crippen molar-refractivity contribution in [1.82, 2.24) is 0 Å². The van der Waals surface area contributed by atoms with Crippen molar-refractivity contribution < 1.29 is 9.18 Å². The first-order chi connectivity index (χ1) is 6.91. The summed E-state index contributed by atoms with van der Waals surface area (Å²) in [5, 5.41) is 0.226. The maximum Gasteiger partial charge on any atom is 0.250 e. The lowest BCUT2D eigenvalue weighted by atomic mass is 10.1. The largest absolute Gasteiger partial charge is 0.398 e. The highest BCUT2D eigenvalue weighted by Crippen LogP contribution is 2.29. The van der Waals surface area contributed by atoms with E-state index in [1.165, 1.54) is 17.8 Å². The molecule has 5 heteroatoms. The number of nitrogens with two attached hydrogens (primary N) is 2. The molecule has 82 valence electrons. The highest BCUT2D eigenvalue weighted by Gasteiger charge is 2.12. The summed E-state index contributed by atoms with van der Waals surface area (Å²) >= 11 is 1.33. The Morgan fingerprint density at radius 2 is 2.07 bits per heavy atom. The van der Waals surface area contributed by atoms with Crippen LogP contribution in [0.2, 0.25) is 0 Å². The predicted octanol–water partition coefficient (Wildman–Crippen LogP) is 2.01. The van der Waals surface area contributed by atoms with Gasteiger partial charge in [0.25, 0.3) is 5.91 Å². The van der Waals surface area contributed by atoms with Gasteiger partial charge in [0.2, 0.25) is 0 Å². The van der Waals surface area contributed by atoms with Gasteiger partial charge >= 0.3 is 0 Å². The number of rotatable bonds is 3. The summed E-state index contributed by atoms with van der Waals surface area (Å²) in [5.74, 6) is -1.06. The molecule has 0 saturated carbocycles. The lowest BCUT2D eigenvalue weighted by Crippen LogP contribution is -2.14. The third-order valence-corrected chi connectivity index (χ3v) is 2.77. The average molecular weight is 228 g/mol. The summed E-state index contributed by atoms with van der Waals surface area (Å²) in [6.07, 6.45) is 0. The number of halogens is 1. The number of anilines is 1. The number of benzene rings is 1. The maximum atomic E-state index is 13.4. The van der Waals surface area contributed by atoms with E-state index in [4.69, 9.17) is 11.5 Å². The molecule has 0 bridgehead atoms. The molecule has 0 aliphatic carbocycles. The van der Waals surface area contributed by atoms with Crippen LogP contribution in [-0.2, 0) is 0 Å². The van der Waals surface area contributed by atoms with Gasteiger partial charge in [-0.05, 0) is 12.1 Å². The molecular formula is C10H13FN2OS. The number of nitrogen functional groups attached to an aromatic ring is 1. The van der Waals surface area contributed by atoms with Gasteiger partial charge in [0.15, 0.2) is 0 Å². The molecule has 4 N–H and O–H groups in total. The summed E-state index contributed by atoms with van der Waals surface area (Å²) < 4.78 is 13.4. The van der Waals surface area contributed by atoms with Gasteiger partial charge < -0.3 is 11.5 Å². The van der Waals surface area contributed by atoms with E-state index < -0.39 is 11.7 Å². The lowest BCUT2D eigenvalue weighted by Gasteiger charge is -2.09. The van der Waals surface area contributed by atoms with Crippen LogP contribution in [0.5, 0.6) is 0 Å². The van der Waals surface area contributed by atoms with Crippen LogP contribution in [0, 0.1) is 5.82 Å². The van der Waals surface area contributed by atoms with E-state index in [2.05, 4.69) is 0 Å². The number of hydrogen-bond acceptors (Lipinski definition) is 3.